The van der Waals surface area contributed by atoms with Crippen molar-refractivity contribution in [3.8, 4) is 0 Å². The van der Waals surface area contributed by atoms with Gasteiger partial charge in [-0.15, -0.1) is 0 Å². The van der Waals surface area contributed by atoms with E-state index in [2.05, 4.69) is 8.85 Å². The molecule has 0 aliphatic rings. The fourth-order valence-electron chi connectivity index (χ4n) is 2.96. The fourth-order valence-corrected chi connectivity index (χ4v) is 6.12. The van der Waals surface area contributed by atoms with Gasteiger partial charge in [0.15, 0.2) is 0 Å². The maximum absolute atomic E-state index is 14.9. The first-order chi connectivity index (χ1) is 19.1. The largest absolute Gasteiger partial charge is 0.503 e. The van der Waals surface area contributed by atoms with Crippen molar-refractivity contribution in [3.63, 3.8) is 0 Å². The molecule has 0 unspecified atom stereocenters. The van der Waals surface area contributed by atoms with Crippen molar-refractivity contribution < 1.29 is 123 Å². The Morgan fingerprint density at radius 1 is 0.311 bits per heavy atom. The summed E-state index contributed by atoms with van der Waals surface area (Å²) in [4.78, 5) is 0. The predicted molar refractivity (Wildman–Crippen MR) is 90.6 cm³/mol. The maximum atomic E-state index is 14.9. The standard InChI is InChI=1S/C16H10F26O2Si/c1-3-43-45(44-4-2,15(39,40)11(29,30)7(21,22)5(17,18)9(25,26)13(33,34)35)16(41,42)12(31,32)8(23,24)6(19,20)10(27,28)14(36,37)38/h3-4H2,1-2H3. The molecule has 0 radical (unpaired) electrons. The van der Waals surface area contributed by atoms with Crippen LogP contribution in [0.3, 0.4) is 0 Å². The average molecular weight is 756 g/mol. The van der Waals surface area contributed by atoms with Crippen LogP contribution in [0.5, 0.6) is 0 Å². The van der Waals surface area contributed by atoms with Gasteiger partial charge < -0.3 is 8.85 Å². The summed E-state index contributed by atoms with van der Waals surface area (Å²) in [7, 11) is -9.95. The van der Waals surface area contributed by atoms with E-state index in [4.69, 9.17) is 0 Å². The minimum absolute atomic E-state index is 0.182. The number of halogens is 26. The predicted octanol–water partition coefficient (Wildman–Crippen LogP) is 9.06. The van der Waals surface area contributed by atoms with Crippen molar-refractivity contribution in [1.82, 2.24) is 0 Å². The maximum Gasteiger partial charge on any atom is 0.503 e. The molecule has 0 aliphatic heterocycles. The minimum Gasteiger partial charge on any atom is -0.387 e. The lowest BCUT2D eigenvalue weighted by Gasteiger charge is -2.49. The highest BCUT2D eigenvalue weighted by atomic mass is 28.4. The average Bonchev–Trinajstić information content (AvgIpc) is 2.80. The lowest BCUT2D eigenvalue weighted by molar-refractivity contribution is -0.442. The van der Waals surface area contributed by atoms with Crippen LogP contribution in [0.2, 0.25) is 0 Å². The van der Waals surface area contributed by atoms with Crippen LogP contribution in [0, 0.1) is 0 Å². The van der Waals surface area contributed by atoms with Crippen LogP contribution < -0.4 is 0 Å². The number of rotatable bonds is 14. The van der Waals surface area contributed by atoms with Gasteiger partial charge in [0.05, 0.1) is 0 Å². The van der Waals surface area contributed by atoms with Gasteiger partial charge in [-0.2, -0.15) is 114 Å². The molecule has 0 saturated heterocycles. The summed E-state index contributed by atoms with van der Waals surface area (Å²) in [5.41, 5.74) is -17.5. The van der Waals surface area contributed by atoms with E-state index in [1.165, 1.54) is 0 Å². The molecule has 0 aromatic carbocycles. The minimum atomic E-state index is -9.95. The summed E-state index contributed by atoms with van der Waals surface area (Å²) >= 11 is 0. The number of hydrogen-bond donors (Lipinski definition) is 0. The summed E-state index contributed by atoms with van der Waals surface area (Å²) in [6.07, 6.45) is -16.2. The zero-order chi connectivity index (χ0) is 37.3. The summed E-state index contributed by atoms with van der Waals surface area (Å²) in [6, 6.07) is 0. The number of hydrogen-bond acceptors (Lipinski definition) is 2. The van der Waals surface area contributed by atoms with Crippen LogP contribution >= 0.6 is 0 Å². The molecule has 2 nitrogen and oxygen atoms in total. The summed E-state index contributed by atoms with van der Waals surface area (Å²) < 4.78 is 358. The molecule has 0 heterocycles. The molecule has 0 atom stereocenters. The first-order valence-electron chi connectivity index (χ1n) is 10.3. The monoisotopic (exact) mass is 756 g/mol. The van der Waals surface area contributed by atoms with Crippen molar-refractivity contribution in [2.24, 2.45) is 0 Å². The Kier molecular flexibility index (Phi) is 10.8. The number of alkyl halides is 26. The Hall–Kier alpha value is -1.68. The third-order valence-electron chi connectivity index (χ3n) is 5.39. The van der Waals surface area contributed by atoms with E-state index in [0.29, 0.717) is 0 Å². The van der Waals surface area contributed by atoms with Gasteiger partial charge in [0.2, 0.25) is 0 Å². The van der Waals surface area contributed by atoms with Crippen LogP contribution in [-0.4, -0.2) is 92.6 Å². The van der Waals surface area contributed by atoms with E-state index in [9.17, 15) is 114 Å². The van der Waals surface area contributed by atoms with Crippen LogP contribution in [0.25, 0.3) is 0 Å². The van der Waals surface area contributed by atoms with Gasteiger partial charge in [-0.1, -0.05) is 0 Å². The normalized spacial score (nSPS) is 16.8. The summed E-state index contributed by atoms with van der Waals surface area (Å²) in [5, 5.41) is 0. The van der Waals surface area contributed by atoms with Crippen LogP contribution in [0.1, 0.15) is 13.8 Å². The molecule has 0 spiro atoms. The zero-order valence-corrected chi connectivity index (χ0v) is 21.6. The van der Waals surface area contributed by atoms with Crippen LogP contribution in [0.15, 0.2) is 0 Å². The first-order valence-corrected chi connectivity index (χ1v) is 12.1. The second-order valence-corrected chi connectivity index (χ2v) is 11.3. The van der Waals surface area contributed by atoms with E-state index in [1.807, 2.05) is 0 Å². The van der Waals surface area contributed by atoms with Gasteiger partial charge in [0.25, 0.3) is 0 Å². The van der Waals surface area contributed by atoms with E-state index in [0.717, 1.165) is 0 Å². The summed E-state index contributed by atoms with van der Waals surface area (Å²) in [6.45, 7) is -5.35. The van der Waals surface area contributed by atoms with Crippen molar-refractivity contribution in [2.45, 2.75) is 84.7 Å². The second kappa shape index (κ2) is 11.2. The van der Waals surface area contributed by atoms with E-state index < -0.39 is 92.6 Å². The Balaban J connectivity index is 8.07. The van der Waals surface area contributed by atoms with Gasteiger partial charge >= 0.3 is 79.4 Å². The molecule has 0 aromatic rings. The van der Waals surface area contributed by atoms with Crippen LogP contribution in [0.4, 0.5) is 114 Å². The lowest BCUT2D eigenvalue weighted by atomic mass is 9.98. The Labute approximate surface area is 230 Å². The molecule has 0 fully saturated rings. The van der Waals surface area contributed by atoms with Crippen molar-refractivity contribution in [2.75, 3.05) is 13.2 Å². The molecule has 0 aliphatic carbocycles. The van der Waals surface area contributed by atoms with Crippen molar-refractivity contribution >= 4 is 8.56 Å². The molecule has 272 valence electrons. The molecule has 29 heteroatoms. The fraction of sp³-hybridized carbons (Fsp3) is 1.00. The third-order valence-corrected chi connectivity index (χ3v) is 9.06. The molecule has 0 bridgehead atoms. The van der Waals surface area contributed by atoms with Crippen LogP contribution in [-0.2, 0) is 8.85 Å². The van der Waals surface area contributed by atoms with E-state index in [-0.39, 0.29) is 13.8 Å². The van der Waals surface area contributed by atoms with Crippen molar-refractivity contribution in [3.05, 3.63) is 0 Å². The molecular weight excluding hydrogens is 746 g/mol. The topological polar surface area (TPSA) is 18.5 Å². The van der Waals surface area contributed by atoms with Gasteiger partial charge in [-0.3, -0.25) is 0 Å². The first kappa shape index (κ1) is 43.3. The van der Waals surface area contributed by atoms with Gasteiger partial charge in [-0.05, 0) is 13.8 Å². The highest BCUT2D eigenvalue weighted by Crippen LogP contribution is 2.67. The Morgan fingerprint density at radius 3 is 0.644 bits per heavy atom. The second-order valence-electron chi connectivity index (χ2n) is 8.22. The highest BCUT2D eigenvalue weighted by molar-refractivity contribution is 6.73. The van der Waals surface area contributed by atoms with E-state index in [1.54, 1.807) is 0 Å². The van der Waals surface area contributed by atoms with Gasteiger partial charge in [-0.25, -0.2) is 0 Å². The zero-order valence-electron chi connectivity index (χ0n) is 20.6. The Bertz CT molecular complexity index is 959. The molecule has 0 N–H and O–H groups in total. The molecule has 0 amide bonds. The van der Waals surface area contributed by atoms with Gasteiger partial charge in [0.1, 0.15) is 0 Å². The molecule has 0 saturated carbocycles. The van der Waals surface area contributed by atoms with Crippen molar-refractivity contribution in [1.29, 1.82) is 0 Å². The van der Waals surface area contributed by atoms with E-state index >= 15 is 0 Å². The lowest BCUT2D eigenvalue weighted by Crippen LogP contribution is -2.85. The quantitative estimate of drug-likeness (QED) is 0.130. The van der Waals surface area contributed by atoms with Gasteiger partial charge in [0, 0.05) is 13.2 Å². The molecule has 0 rings (SSSR count). The molecular formula is C16H10F26O2Si. The molecule has 45 heavy (non-hydrogen) atoms. The Morgan fingerprint density at radius 2 is 0.489 bits per heavy atom. The SMILES string of the molecule is CCO[Si](OCC)(C(F)(F)C(F)(F)C(F)(F)C(F)(F)C(F)(F)C(F)(F)F)C(F)(F)C(F)(F)C(F)(F)C(F)(F)C(F)(F)C(F)(F)F. The highest BCUT2D eigenvalue weighted by Gasteiger charge is 3.01. The smallest absolute Gasteiger partial charge is 0.387 e. The third kappa shape index (κ3) is 5.26. The molecule has 0 aromatic heterocycles. The summed E-state index contributed by atoms with van der Waals surface area (Å²) in [5.74, 6) is -71.6.